The van der Waals surface area contributed by atoms with Gasteiger partial charge in [0.05, 0.1) is 12.7 Å². The van der Waals surface area contributed by atoms with Crippen LogP contribution in [0, 0.1) is 5.92 Å². The number of hydrogen-bond donors (Lipinski definition) is 3. The maximum atomic E-state index is 9.32. The number of halogens is 1. The molecule has 0 saturated heterocycles. The first-order valence-electron chi connectivity index (χ1n) is 6.43. The quantitative estimate of drug-likeness (QED) is 0.632. The molecular formula is C14H22BrNO2S. The molecule has 0 aliphatic heterocycles. The van der Waals surface area contributed by atoms with Crippen molar-refractivity contribution in [1.82, 2.24) is 5.32 Å². The van der Waals surface area contributed by atoms with Gasteiger partial charge >= 0.3 is 0 Å². The first-order chi connectivity index (χ1) is 9.02. The van der Waals surface area contributed by atoms with E-state index in [4.69, 9.17) is 5.11 Å². The summed E-state index contributed by atoms with van der Waals surface area (Å²) in [6.45, 7) is 6.04. The lowest BCUT2D eigenvalue weighted by molar-refractivity contribution is 0.113. The fourth-order valence-electron chi connectivity index (χ4n) is 1.50. The van der Waals surface area contributed by atoms with Crippen LogP contribution in [0.4, 0.5) is 0 Å². The zero-order chi connectivity index (χ0) is 14.3. The topological polar surface area (TPSA) is 52.5 Å². The standard InChI is InChI=1S/C14H22BrNO2S/c1-10(2)6-16-7-11-3-4-13(5-14(11)15)19-9-12(18)8-17/h3-5,10,12,16-18H,6-9H2,1-2H3. The Morgan fingerprint density at radius 3 is 2.68 bits per heavy atom. The van der Waals surface area contributed by atoms with Gasteiger partial charge in [0.15, 0.2) is 0 Å². The van der Waals surface area contributed by atoms with Crippen LogP contribution in [-0.2, 0) is 6.54 Å². The minimum Gasteiger partial charge on any atom is -0.394 e. The third kappa shape index (κ3) is 6.77. The highest BCUT2D eigenvalue weighted by molar-refractivity contribution is 9.10. The van der Waals surface area contributed by atoms with E-state index in [0.29, 0.717) is 11.7 Å². The van der Waals surface area contributed by atoms with Crippen LogP contribution in [0.3, 0.4) is 0 Å². The summed E-state index contributed by atoms with van der Waals surface area (Å²) in [5, 5.41) is 21.5. The Hall–Kier alpha value is -0.0700. The van der Waals surface area contributed by atoms with Crippen molar-refractivity contribution in [1.29, 1.82) is 0 Å². The van der Waals surface area contributed by atoms with E-state index in [1.165, 1.54) is 5.56 Å². The van der Waals surface area contributed by atoms with Crippen molar-refractivity contribution in [3.63, 3.8) is 0 Å². The number of aliphatic hydroxyl groups excluding tert-OH is 2. The van der Waals surface area contributed by atoms with Crippen LogP contribution < -0.4 is 5.32 Å². The molecule has 0 amide bonds. The molecule has 3 nitrogen and oxygen atoms in total. The summed E-state index contributed by atoms with van der Waals surface area (Å²) < 4.78 is 1.08. The van der Waals surface area contributed by atoms with E-state index in [-0.39, 0.29) is 6.61 Å². The molecule has 1 aromatic carbocycles. The minimum atomic E-state index is -0.656. The van der Waals surface area contributed by atoms with Crippen molar-refractivity contribution in [3.05, 3.63) is 28.2 Å². The van der Waals surface area contributed by atoms with E-state index < -0.39 is 6.10 Å². The van der Waals surface area contributed by atoms with E-state index in [0.717, 1.165) is 22.5 Å². The van der Waals surface area contributed by atoms with Crippen LogP contribution in [0.15, 0.2) is 27.6 Å². The molecule has 0 aliphatic rings. The van der Waals surface area contributed by atoms with Gasteiger partial charge in [0.1, 0.15) is 0 Å². The summed E-state index contributed by atoms with van der Waals surface area (Å²) in [5.74, 6) is 1.15. The second-order valence-electron chi connectivity index (χ2n) is 4.93. The van der Waals surface area contributed by atoms with Crippen molar-refractivity contribution in [2.24, 2.45) is 5.92 Å². The first kappa shape index (κ1) is 17.0. The van der Waals surface area contributed by atoms with E-state index in [9.17, 15) is 5.11 Å². The molecule has 5 heteroatoms. The Labute approximate surface area is 127 Å². The van der Waals surface area contributed by atoms with Crippen LogP contribution in [0.5, 0.6) is 0 Å². The summed E-state index contributed by atoms with van der Waals surface area (Å²) in [6, 6.07) is 6.19. The maximum absolute atomic E-state index is 9.32. The lowest BCUT2D eigenvalue weighted by Crippen LogP contribution is -2.19. The average molecular weight is 348 g/mol. The molecule has 1 rings (SSSR count). The predicted molar refractivity (Wildman–Crippen MR) is 84.5 cm³/mol. The third-order valence-corrected chi connectivity index (χ3v) is 4.42. The van der Waals surface area contributed by atoms with Crippen LogP contribution in [0.1, 0.15) is 19.4 Å². The van der Waals surface area contributed by atoms with Gasteiger partial charge in [0, 0.05) is 21.7 Å². The average Bonchev–Trinajstić information content (AvgIpc) is 2.37. The number of aliphatic hydroxyl groups is 2. The van der Waals surface area contributed by atoms with Gasteiger partial charge in [-0.3, -0.25) is 0 Å². The molecule has 1 atom stereocenters. The highest BCUT2D eigenvalue weighted by Gasteiger charge is 2.06. The van der Waals surface area contributed by atoms with E-state index in [2.05, 4.69) is 47.2 Å². The van der Waals surface area contributed by atoms with Crippen LogP contribution >= 0.6 is 27.7 Å². The van der Waals surface area contributed by atoms with E-state index in [1.807, 2.05) is 6.07 Å². The van der Waals surface area contributed by atoms with Gasteiger partial charge in [-0.2, -0.15) is 0 Å². The van der Waals surface area contributed by atoms with Gasteiger partial charge < -0.3 is 15.5 Å². The molecule has 0 saturated carbocycles. The fourth-order valence-corrected chi connectivity index (χ4v) is 3.03. The van der Waals surface area contributed by atoms with Crippen molar-refractivity contribution in [3.8, 4) is 0 Å². The maximum Gasteiger partial charge on any atom is 0.0864 e. The monoisotopic (exact) mass is 347 g/mol. The molecule has 0 bridgehead atoms. The summed E-state index contributed by atoms with van der Waals surface area (Å²) in [7, 11) is 0. The summed E-state index contributed by atoms with van der Waals surface area (Å²) >= 11 is 5.12. The third-order valence-electron chi connectivity index (χ3n) is 2.55. The number of rotatable bonds is 8. The molecule has 0 spiro atoms. The largest absolute Gasteiger partial charge is 0.394 e. The van der Waals surface area contributed by atoms with Crippen molar-refractivity contribution in [2.75, 3.05) is 18.9 Å². The fraction of sp³-hybridized carbons (Fsp3) is 0.571. The lowest BCUT2D eigenvalue weighted by Gasteiger charge is -2.11. The number of hydrogen-bond acceptors (Lipinski definition) is 4. The first-order valence-corrected chi connectivity index (χ1v) is 8.21. The van der Waals surface area contributed by atoms with Crippen molar-refractivity contribution in [2.45, 2.75) is 31.4 Å². The summed E-state index contributed by atoms with van der Waals surface area (Å²) in [4.78, 5) is 1.09. The lowest BCUT2D eigenvalue weighted by atomic mass is 10.2. The molecule has 3 N–H and O–H groups in total. The molecule has 1 aromatic rings. The molecular weight excluding hydrogens is 326 g/mol. The Kier molecular flexibility index (Phi) is 8.02. The Balaban J connectivity index is 2.49. The van der Waals surface area contributed by atoms with Crippen molar-refractivity contribution < 1.29 is 10.2 Å². The molecule has 0 fully saturated rings. The molecule has 0 heterocycles. The molecule has 19 heavy (non-hydrogen) atoms. The van der Waals surface area contributed by atoms with Crippen LogP contribution in [0.2, 0.25) is 0 Å². The highest BCUT2D eigenvalue weighted by Crippen LogP contribution is 2.25. The van der Waals surface area contributed by atoms with Crippen LogP contribution in [-0.4, -0.2) is 35.2 Å². The number of nitrogens with one attached hydrogen (secondary N) is 1. The van der Waals surface area contributed by atoms with Gasteiger partial charge in [0.25, 0.3) is 0 Å². The number of thioether (sulfide) groups is 1. The van der Waals surface area contributed by atoms with E-state index in [1.54, 1.807) is 11.8 Å². The van der Waals surface area contributed by atoms with Gasteiger partial charge in [-0.05, 0) is 30.2 Å². The highest BCUT2D eigenvalue weighted by atomic mass is 79.9. The smallest absolute Gasteiger partial charge is 0.0864 e. The summed E-state index contributed by atoms with van der Waals surface area (Å²) in [5.41, 5.74) is 1.23. The summed E-state index contributed by atoms with van der Waals surface area (Å²) in [6.07, 6.45) is -0.656. The van der Waals surface area contributed by atoms with Gasteiger partial charge in [-0.15, -0.1) is 11.8 Å². The Bertz CT molecular complexity index is 388. The second kappa shape index (κ2) is 8.97. The molecule has 1 unspecified atom stereocenters. The predicted octanol–water partition coefficient (Wildman–Crippen LogP) is 2.64. The van der Waals surface area contributed by atoms with Crippen molar-refractivity contribution >= 4 is 27.7 Å². The zero-order valence-corrected chi connectivity index (χ0v) is 13.8. The molecule has 0 aromatic heterocycles. The SMILES string of the molecule is CC(C)CNCc1ccc(SCC(O)CO)cc1Br. The Morgan fingerprint density at radius 2 is 2.11 bits per heavy atom. The second-order valence-corrected chi connectivity index (χ2v) is 6.87. The Morgan fingerprint density at radius 1 is 1.37 bits per heavy atom. The molecule has 108 valence electrons. The molecule has 0 aliphatic carbocycles. The van der Waals surface area contributed by atoms with Gasteiger partial charge in [-0.1, -0.05) is 35.8 Å². The van der Waals surface area contributed by atoms with E-state index >= 15 is 0 Å². The number of benzene rings is 1. The zero-order valence-electron chi connectivity index (χ0n) is 11.4. The molecule has 0 radical (unpaired) electrons. The minimum absolute atomic E-state index is 0.189. The van der Waals surface area contributed by atoms with Crippen LogP contribution in [0.25, 0.3) is 0 Å². The normalized spacial score (nSPS) is 12.9. The van der Waals surface area contributed by atoms with Gasteiger partial charge in [-0.25, -0.2) is 0 Å². The van der Waals surface area contributed by atoms with Gasteiger partial charge in [0.2, 0.25) is 0 Å².